The van der Waals surface area contributed by atoms with Crippen molar-refractivity contribution in [3.05, 3.63) is 0 Å². The lowest BCUT2D eigenvalue weighted by atomic mass is 9.81. The van der Waals surface area contributed by atoms with Gasteiger partial charge >= 0.3 is 0 Å². The second-order valence-electron chi connectivity index (χ2n) is 5.56. The molecule has 0 aromatic carbocycles. The molecule has 1 saturated carbocycles. The average molecular weight is 211 g/mol. The molecule has 0 bridgehead atoms. The summed E-state index contributed by atoms with van der Waals surface area (Å²) in [7, 11) is 0. The van der Waals surface area contributed by atoms with Crippen LogP contribution in [0.2, 0.25) is 0 Å². The summed E-state index contributed by atoms with van der Waals surface area (Å²) in [6.45, 7) is 3.49. The van der Waals surface area contributed by atoms with Crippen molar-refractivity contribution in [2.75, 3.05) is 6.54 Å². The molecule has 4 unspecified atom stereocenters. The van der Waals surface area contributed by atoms with Crippen molar-refractivity contribution in [3.8, 4) is 0 Å². The van der Waals surface area contributed by atoms with Gasteiger partial charge in [-0.1, -0.05) is 26.2 Å². The van der Waals surface area contributed by atoms with Crippen LogP contribution in [0.5, 0.6) is 0 Å². The molecule has 1 heterocycles. The highest BCUT2D eigenvalue weighted by molar-refractivity contribution is 4.87. The minimum Gasteiger partial charge on any atom is -0.393 e. The van der Waals surface area contributed by atoms with Crippen LogP contribution in [-0.2, 0) is 0 Å². The van der Waals surface area contributed by atoms with Gasteiger partial charge in [-0.15, -0.1) is 0 Å². The minimum atomic E-state index is -0.0460. The van der Waals surface area contributed by atoms with E-state index in [9.17, 15) is 5.11 Å². The van der Waals surface area contributed by atoms with Crippen molar-refractivity contribution in [1.82, 2.24) is 5.32 Å². The number of hydrogen-bond acceptors (Lipinski definition) is 2. The van der Waals surface area contributed by atoms with Crippen molar-refractivity contribution in [2.24, 2.45) is 11.8 Å². The van der Waals surface area contributed by atoms with Crippen LogP contribution >= 0.6 is 0 Å². The van der Waals surface area contributed by atoms with Gasteiger partial charge in [-0.05, 0) is 38.1 Å². The van der Waals surface area contributed by atoms with Gasteiger partial charge in [0.15, 0.2) is 0 Å². The van der Waals surface area contributed by atoms with E-state index in [1.165, 1.54) is 38.5 Å². The maximum Gasteiger partial charge on any atom is 0.0583 e. The molecule has 0 spiro atoms. The predicted octanol–water partition coefficient (Wildman–Crippen LogP) is 2.32. The summed E-state index contributed by atoms with van der Waals surface area (Å²) in [5.74, 6) is 1.36. The molecule has 2 fully saturated rings. The Kier molecular flexibility index (Phi) is 4.04. The third-order valence-corrected chi connectivity index (χ3v) is 4.25. The Morgan fingerprint density at radius 1 is 1.07 bits per heavy atom. The first-order valence-corrected chi connectivity index (χ1v) is 6.69. The average Bonchev–Trinajstić information content (AvgIpc) is 2.43. The molecule has 0 radical (unpaired) electrons. The molecular formula is C13H25NO. The smallest absolute Gasteiger partial charge is 0.0583 e. The summed E-state index contributed by atoms with van der Waals surface area (Å²) < 4.78 is 0. The molecule has 2 N–H and O–H groups in total. The lowest BCUT2D eigenvalue weighted by Gasteiger charge is -2.36. The van der Waals surface area contributed by atoms with Gasteiger partial charge in [0.2, 0.25) is 0 Å². The van der Waals surface area contributed by atoms with Gasteiger partial charge in [0.25, 0.3) is 0 Å². The fraction of sp³-hybridized carbons (Fsp3) is 1.00. The number of aliphatic hydroxyl groups excluding tert-OH is 1. The SMILES string of the molecule is CC1CCNC(C2CCCCCC2O)C1. The first kappa shape index (κ1) is 11.4. The first-order valence-electron chi connectivity index (χ1n) is 6.69. The molecule has 1 aliphatic heterocycles. The lowest BCUT2D eigenvalue weighted by molar-refractivity contribution is 0.0647. The standard InChI is InChI=1S/C13H25NO/c1-10-7-8-14-12(9-10)11-5-3-2-4-6-13(11)15/h10-15H,2-9H2,1H3. The van der Waals surface area contributed by atoms with E-state index in [-0.39, 0.29) is 6.10 Å². The molecule has 0 amide bonds. The molecule has 2 aliphatic rings. The first-order chi connectivity index (χ1) is 7.27. The summed E-state index contributed by atoms with van der Waals surface area (Å²) in [6.07, 6.45) is 8.63. The highest BCUT2D eigenvalue weighted by atomic mass is 16.3. The van der Waals surface area contributed by atoms with Crippen LogP contribution in [0.1, 0.15) is 51.9 Å². The third kappa shape index (κ3) is 2.94. The highest BCUT2D eigenvalue weighted by Crippen LogP contribution is 2.30. The maximum absolute atomic E-state index is 10.1. The highest BCUT2D eigenvalue weighted by Gasteiger charge is 2.31. The predicted molar refractivity (Wildman–Crippen MR) is 62.8 cm³/mol. The van der Waals surface area contributed by atoms with Crippen LogP contribution < -0.4 is 5.32 Å². The molecule has 4 atom stereocenters. The fourth-order valence-corrected chi connectivity index (χ4v) is 3.26. The van der Waals surface area contributed by atoms with E-state index in [4.69, 9.17) is 0 Å². The van der Waals surface area contributed by atoms with Crippen LogP contribution in [0.4, 0.5) is 0 Å². The number of piperidine rings is 1. The topological polar surface area (TPSA) is 32.3 Å². The Morgan fingerprint density at radius 3 is 2.67 bits per heavy atom. The molecule has 0 aromatic heterocycles. The van der Waals surface area contributed by atoms with Crippen LogP contribution in [0.25, 0.3) is 0 Å². The monoisotopic (exact) mass is 211 g/mol. The van der Waals surface area contributed by atoms with Crippen molar-refractivity contribution in [3.63, 3.8) is 0 Å². The third-order valence-electron chi connectivity index (χ3n) is 4.25. The molecule has 0 aromatic rings. The zero-order chi connectivity index (χ0) is 10.7. The molecule has 2 nitrogen and oxygen atoms in total. The molecule has 2 heteroatoms. The Bertz CT molecular complexity index is 195. The fourth-order valence-electron chi connectivity index (χ4n) is 3.26. The van der Waals surface area contributed by atoms with E-state index < -0.39 is 0 Å². The van der Waals surface area contributed by atoms with E-state index in [2.05, 4.69) is 12.2 Å². The largest absolute Gasteiger partial charge is 0.393 e. The van der Waals surface area contributed by atoms with Crippen LogP contribution in [0.15, 0.2) is 0 Å². The Morgan fingerprint density at radius 2 is 1.87 bits per heavy atom. The molecule has 2 rings (SSSR count). The van der Waals surface area contributed by atoms with Gasteiger partial charge in [0.1, 0.15) is 0 Å². The van der Waals surface area contributed by atoms with Gasteiger partial charge in [-0.3, -0.25) is 0 Å². The molecule has 88 valence electrons. The van der Waals surface area contributed by atoms with Crippen molar-refractivity contribution in [1.29, 1.82) is 0 Å². The van der Waals surface area contributed by atoms with Crippen molar-refractivity contribution in [2.45, 2.75) is 64.0 Å². The van der Waals surface area contributed by atoms with Crippen molar-refractivity contribution < 1.29 is 5.11 Å². The van der Waals surface area contributed by atoms with E-state index in [0.29, 0.717) is 12.0 Å². The quantitative estimate of drug-likeness (QED) is 0.652. The van der Waals surface area contributed by atoms with E-state index in [1.807, 2.05) is 0 Å². The molecular weight excluding hydrogens is 186 g/mol. The summed E-state index contributed by atoms with van der Waals surface area (Å²) in [6, 6.07) is 0.585. The molecule has 15 heavy (non-hydrogen) atoms. The van der Waals surface area contributed by atoms with Crippen LogP contribution in [0.3, 0.4) is 0 Å². The summed E-state index contributed by atoms with van der Waals surface area (Å²) >= 11 is 0. The molecule has 1 aliphatic carbocycles. The number of nitrogens with one attached hydrogen (secondary N) is 1. The Balaban J connectivity index is 1.94. The van der Waals surface area contributed by atoms with Gasteiger partial charge in [0.05, 0.1) is 6.10 Å². The lowest BCUT2D eigenvalue weighted by Crippen LogP contribution is -2.46. The maximum atomic E-state index is 10.1. The zero-order valence-electron chi connectivity index (χ0n) is 9.91. The van der Waals surface area contributed by atoms with Gasteiger partial charge in [0, 0.05) is 12.0 Å². The number of hydrogen-bond donors (Lipinski definition) is 2. The summed E-state index contributed by atoms with van der Waals surface area (Å²) in [5, 5.41) is 13.8. The van der Waals surface area contributed by atoms with E-state index >= 15 is 0 Å². The number of aliphatic hydroxyl groups is 1. The Hall–Kier alpha value is -0.0800. The molecule has 1 saturated heterocycles. The minimum absolute atomic E-state index is 0.0460. The normalized spacial score (nSPS) is 43.6. The van der Waals surface area contributed by atoms with Crippen LogP contribution in [-0.4, -0.2) is 23.8 Å². The second kappa shape index (κ2) is 5.31. The van der Waals surface area contributed by atoms with Crippen LogP contribution in [0, 0.1) is 11.8 Å². The summed E-state index contributed by atoms with van der Waals surface area (Å²) in [4.78, 5) is 0. The number of rotatable bonds is 1. The van der Waals surface area contributed by atoms with Gasteiger partial charge < -0.3 is 10.4 Å². The van der Waals surface area contributed by atoms with E-state index in [1.54, 1.807) is 0 Å². The van der Waals surface area contributed by atoms with Crippen molar-refractivity contribution >= 4 is 0 Å². The second-order valence-corrected chi connectivity index (χ2v) is 5.56. The van der Waals surface area contributed by atoms with E-state index in [0.717, 1.165) is 18.9 Å². The van der Waals surface area contributed by atoms with Gasteiger partial charge in [-0.25, -0.2) is 0 Å². The summed E-state index contributed by atoms with van der Waals surface area (Å²) in [5.41, 5.74) is 0. The zero-order valence-corrected chi connectivity index (χ0v) is 9.91. The Labute approximate surface area is 93.5 Å². The van der Waals surface area contributed by atoms with Gasteiger partial charge in [-0.2, -0.15) is 0 Å².